The van der Waals surface area contributed by atoms with E-state index in [0.29, 0.717) is 24.6 Å². The second kappa shape index (κ2) is 6.06. The van der Waals surface area contributed by atoms with Gasteiger partial charge >= 0.3 is 6.03 Å². The van der Waals surface area contributed by atoms with Crippen molar-refractivity contribution in [3.8, 4) is 5.75 Å². The number of aromatic nitrogens is 1. The van der Waals surface area contributed by atoms with Gasteiger partial charge in [0, 0.05) is 43.9 Å². The van der Waals surface area contributed by atoms with E-state index in [1.807, 2.05) is 23.2 Å². The van der Waals surface area contributed by atoms with Gasteiger partial charge in [0.2, 0.25) is 0 Å². The van der Waals surface area contributed by atoms with Gasteiger partial charge in [-0.15, -0.1) is 9.24 Å². The van der Waals surface area contributed by atoms with E-state index in [9.17, 15) is 9.18 Å². The maximum absolute atomic E-state index is 13.4. The van der Waals surface area contributed by atoms with Crippen LogP contribution in [0.5, 0.6) is 5.75 Å². The number of urea groups is 1. The minimum Gasteiger partial charge on any atom is -0.489 e. The lowest BCUT2D eigenvalue weighted by molar-refractivity contribution is 0.00929. The van der Waals surface area contributed by atoms with Crippen LogP contribution in [0.3, 0.4) is 0 Å². The van der Waals surface area contributed by atoms with Gasteiger partial charge in [0.05, 0.1) is 12.2 Å². The van der Waals surface area contributed by atoms with Crippen LogP contribution in [0, 0.1) is 11.2 Å². The predicted octanol–water partition coefficient (Wildman–Crippen LogP) is 1.86. The Kier molecular flexibility index (Phi) is 3.76. The van der Waals surface area contributed by atoms with Gasteiger partial charge in [-0.1, -0.05) is 0 Å². The smallest absolute Gasteiger partial charge is 0.324 e. The van der Waals surface area contributed by atoms with Crippen molar-refractivity contribution in [3.63, 3.8) is 0 Å². The number of ether oxygens (including phenoxy) is 1. The van der Waals surface area contributed by atoms with Crippen molar-refractivity contribution in [1.29, 1.82) is 0 Å². The van der Waals surface area contributed by atoms with Gasteiger partial charge in [0.15, 0.2) is 0 Å². The summed E-state index contributed by atoms with van der Waals surface area (Å²) in [6.45, 7) is 4.20. The van der Waals surface area contributed by atoms with E-state index in [0.717, 1.165) is 37.3 Å². The molecule has 1 unspecified atom stereocenters. The third-order valence-electron chi connectivity index (χ3n) is 5.49. The van der Waals surface area contributed by atoms with Crippen LogP contribution in [0.4, 0.5) is 20.7 Å². The molecule has 8 heteroatoms. The first-order valence-corrected chi connectivity index (χ1v) is 9.56. The maximum atomic E-state index is 13.4. The lowest BCUT2D eigenvalue weighted by atomic mass is 9.73. The Morgan fingerprint density at radius 3 is 2.74 bits per heavy atom. The number of pyridine rings is 1. The molecular formula is C19H20FN4O2P. The highest BCUT2D eigenvalue weighted by atomic mass is 31.0. The average molecular weight is 386 g/mol. The van der Waals surface area contributed by atoms with E-state index in [1.165, 1.54) is 12.1 Å². The molecule has 1 aromatic heterocycles. The first-order chi connectivity index (χ1) is 13.0. The van der Waals surface area contributed by atoms with Crippen molar-refractivity contribution in [2.24, 2.45) is 5.41 Å². The molecule has 1 atom stereocenters. The molecule has 6 nitrogen and oxygen atoms in total. The van der Waals surface area contributed by atoms with Gasteiger partial charge in [-0.2, -0.15) is 0 Å². The maximum Gasteiger partial charge on any atom is 0.324 e. The first-order valence-electron chi connectivity index (χ1n) is 8.98. The number of carbonyl (C=O) groups excluding carboxylic acids is 1. The summed E-state index contributed by atoms with van der Waals surface area (Å²) in [5.41, 5.74) is 0.820. The predicted molar refractivity (Wildman–Crippen MR) is 104 cm³/mol. The number of benzene rings is 1. The number of rotatable bonds is 1. The van der Waals surface area contributed by atoms with E-state index >= 15 is 0 Å². The van der Waals surface area contributed by atoms with Crippen LogP contribution in [-0.4, -0.2) is 55.2 Å². The van der Waals surface area contributed by atoms with Crippen LogP contribution >= 0.6 is 9.24 Å². The standard InChI is InChI=1S/C19H20FN4O2P/c20-13-1-3-15-16(7-13)26-6-5-24(15)18(25)23-11-19(12-23)9-22(10-19)17-4-2-14(27)8-21-17/h1-4,7-8H,5-6,9-12,27H2. The zero-order valence-corrected chi connectivity index (χ0v) is 15.9. The molecule has 1 spiro atoms. The minimum atomic E-state index is -0.358. The summed E-state index contributed by atoms with van der Waals surface area (Å²) >= 11 is 0. The Morgan fingerprint density at radius 1 is 1.19 bits per heavy atom. The number of amides is 2. The topological polar surface area (TPSA) is 48.9 Å². The highest BCUT2D eigenvalue weighted by Gasteiger charge is 2.54. The fourth-order valence-electron chi connectivity index (χ4n) is 4.17. The molecule has 4 heterocycles. The van der Waals surface area contributed by atoms with E-state index < -0.39 is 0 Å². The highest BCUT2D eigenvalue weighted by molar-refractivity contribution is 7.27. The van der Waals surface area contributed by atoms with Crippen LogP contribution in [0.2, 0.25) is 0 Å². The summed E-state index contributed by atoms with van der Waals surface area (Å²) in [6.07, 6.45) is 1.85. The van der Waals surface area contributed by atoms with Gasteiger partial charge in [-0.05, 0) is 29.6 Å². The van der Waals surface area contributed by atoms with E-state index in [1.54, 1.807) is 11.0 Å². The molecule has 0 saturated carbocycles. The van der Waals surface area contributed by atoms with Gasteiger partial charge in [-0.25, -0.2) is 14.2 Å². The van der Waals surface area contributed by atoms with E-state index in [-0.39, 0.29) is 17.3 Å². The number of anilines is 2. The number of hydrogen-bond acceptors (Lipinski definition) is 4. The van der Waals surface area contributed by atoms with Crippen molar-refractivity contribution in [2.75, 3.05) is 49.1 Å². The summed E-state index contributed by atoms with van der Waals surface area (Å²) in [5.74, 6) is 1.06. The molecule has 0 aliphatic carbocycles. The molecule has 27 heavy (non-hydrogen) atoms. The molecule has 0 N–H and O–H groups in total. The molecule has 140 valence electrons. The molecule has 3 aliphatic heterocycles. The van der Waals surface area contributed by atoms with Gasteiger partial charge < -0.3 is 14.5 Å². The molecule has 0 radical (unpaired) electrons. The van der Waals surface area contributed by atoms with Crippen molar-refractivity contribution < 1.29 is 13.9 Å². The van der Waals surface area contributed by atoms with Crippen molar-refractivity contribution in [1.82, 2.24) is 9.88 Å². The van der Waals surface area contributed by atoms with Crippen LogP contribution < -0.4 is 19.8 Å². The SMILES string of the molecule is O=C(N1CC2(C1)CN(c1ccc(P)cn1)C2)N1CCOc2cc(F)ccc21. The quantitative estimate of drug-likeness (QED) is 0.702. The Bertz CT molecular complexity index is 893. The molecule has 0 bridgehead atoms. The van der Waals surface area contributed by atoms with E-state index in [4.69, 9.17) is 4.74 Å². The molecule has 2 amide bonds. The Balaban J connectivity index is 1.22. The van der Waals surface area contributed by atoms with E-state index in [2.05, 4.69) is 19.1 Å². The van der Waals surface area contributed by atoms with Crippen LogP contribution in [-0.2, 0) is 0 Å². The molecule has 2 saturated heterocycles. The summed E-state index contributed by atoms with van der Waals surface area (Å²) in [6, 6.07) is 8.35. The van der Waals surface area contributed by atoms with Crippen LogP contribution in [0.15, 0.2) is 36.5 Å². The first kappa shape index (κ1) is 16.8. The number of likely N-dealkylation sites (tertiary alicyclic amines) is 1. The molecule has 2 aromatic rings. The lowest BCUT2D eigenvalue weighted by Crippen LogP contribution is -2.74. The summed E-state index contributed by atoms with van der Waals surface area (Å²) in [4.78, 5) is 23.2. The van der Waals surface area contributed by atoms with Gasteiger partial charge in [0.25, 0.3) is 0 Å². The summed E-state index contributed by atoms with van der Waals surface area (Å²) in [5, 5.41) is 1.07. The summed E-state index contributed by atoms with van der Waals surface area (Å²) in [7, 11) is 2.64. The zero-order valence-electron chi connectivity index (χ0n) is 14.8. The highest BCUT2D eigenvalue weighted by Crippen LogP contribution is 2.42. The molecule has 1 aromatic carbocycles. The van der Waals surface area contributed by atoms with Gasteiger partial charge in [-0.3, -0.25) is 4.90 Å². The monoisotopic (exact) mass is 386 g/mol. The number of hydrogen-bond donors (Lipinski definition) is 0. The molecule has 3 aliphatic rings. The number of halogens is 1. The normalized spacial score (nSPS) is 19.9. The lowest BCUT2D eigenvalue weighted by Gasteiger charge is -2.60. The second-order valence-corrected chi connectivity index (χ2v) is 8.22. The second-order valence-electron chi connectivity index (χ2n) is 7.56. The third-order valence-corrected chi connectivity index (χ3v) is 5.83. The fourth-order valence-corrected chi connectivity index (χ4v) is 4.34. The Labute approximate surface area is 159 Å². The number of carbonyl (C=O) groups is 1. The Morgan fingerprint density at radius 2 is 2.00 bits per heavy atom. The average Bonchev–Trinajstić information content (AvgIpc) is 2.59. The van der Waals surface area contributed by atoms with Crippen molar-refractivity contribution in [3.05, 3.63) is 42.3 Å². The molecule has 5 rings (SSSR count). The number of nitrogens with zero attached hydrogens (tertiary/aromatic N) is 4. The molecular weight excluding hydrogens is 366 g/mol. The van der Waals surface area contributed by atoms with Gasteiger partial charge in [0.1, 0.15) is 24.0 Å². The van der Waals surface area contributed by atoms with Crippen LogP contribution in [0.1, 0.15) is 0 Å². The minimum absolute atomic E-state index is 0.0271. The zero-order chi connectivity index (χ0) is 18.6. The summed E-state index contributed by atoms with van der Waals surface area (Å²) < 4.78 is 18.9. The van der Waals surface area contributed by atoms with Crippen molar-refractivity contribution in [2.45, 2.75) is 0 Å². The largest absolute Gasteiger partial charge is 0.489 e. The number of fused-ring (bicyclic) bond motifs is 1. The van der Waals surface area contributed by atoms with Crippen LogP contribution in [0.25, 0.3) is 0 Å². The molecule has 2 fully saturated rings. The Hall–Kier alpha value is -2.40. The third kappa shape index (κ3) is 2.81. The fraction of sp³-hybridized carbons (Fsp3) is 0.368. The van der Waals surface area contributed by atoms with Crippen molar-refractivity contribution >= 4 is 32.1 Å².